The maximum Gasteiger partial charge on any atom is 0.255 e. The van der Waals surface area contributed by atoms with E-state index in [0.29, 0.717) is 23.6 Å². The Bertz CT molecular complexity index is 1770. The molecule has 0 saturated carbocycles. The Hall–Kier alpha value is -5.22. The van der Waals surface area contributed by atoms with Crippen LogP contribution in [0, 0.1) is 24.8 Å². The molecule has 43 heavy (non-hydrogen) atoms. The van der Waals surface area contributed by atoms with E-state index in [1.165, 1.54) is 47.6 Å². The Morgan fingerprint density at radius 2 is 2.14 bits per heavy atom. The van der Waals surface area contributed by atoms with E-state index in [1.54, 1.807) is 42.4 Å². The molecule has 13 heteroatoms. The van der Waals surface area contributed by atoms with E-state index in [-0.39, 0.29) is 23.8 Å². The van der Waals surface area contributed by atoms with Crippen LogP contribution in [-0.4, -0.2) is 61.3 Å². The molecule has 1 aliphatic heterocycles. The second-order valence-electron chi connectivity index (χ2n) is 9.69. The summed E-state index contributed by atoms with van der Waals surface area (Å²) in [7, 11) is 3.19. The van der Waals surface area contributed by atoms with Gasteiger partial charge >= 0.3 is 0 Å². The van der Waals surface area contributed by atoms with Gasteiger partial charge in [0.25, 0.3) is 5.91 Å². The van der Waals surface area contributed by atoms with E-state index in [4.69, 9.17) is 9.72 Å². The summed E-state index contributed by atoms with van der Waals surface area (Å²) in [5.41, 5.74) is 2.27. The summed E-state index contributed by atoms with van der Waals surface area (Å²) < 4.78 is 20.9. The van der Waals surface area contributed by atoms with Gasteiger partial charge in [0.1, 0.15) is 35.6 Å². The van der Waals surface area contributed by atoms with E-state index < -0.39 is 23.8 Å². The number of methoxy groups -OCH3 is 1. The average molecular weight is 602 g/mol. The quantitative estimate of drug-likeness (QED) is 0.194. The maximum absolute atomic E-state index is 14.1. The number of aromatic nitrogens is 4. The number of aliphatic hydroxyl groups is 1. The van der Waals surface area contributed by atoms with Crippen LogP contribution < -0.4 is 15.4 Å². The fourth-order valence-corrected chi connectivity index (χ4v) is 5.95. The fraction of sp³-hybridized carbons (Fsp3) is 0.233. The lowest BCUT2D eigenvalue weighted by molar-refractivity contribution is -0.124. The molecule has 0 fully saturated rings. The standard InChI is InChI=1S/C30H28FN7O4S/c1-5-23(28(40)34-22(8-11-39)18-12-19(31)14-20(13-18)42-4)38-10-7-24-21(29(38)41)15-25(43-24)27-17(2)16-32-30(36-27)35-26-6-9-33-37(26)3/h5-6,9,12-16,22-23,39H,1,7,10H2,2-4H3,(H,34,40)(H,32,35,36)/t22-,23+/m1/s1. The molecule has 3 aromatic heterocycles. The number of anilines is 2. The summed E-state index contributed by atoms with van der Waals surface area (Å²) in [4.78, 5) is 39.3. The number of aliphatic hydroxyl groups excluding tert-OH is 1. The fourth-order valence-electron chi connectivity index (χ4n) is 4.76. The Morgan fingerprint density at radius 3 is 2.84 bits per heavy atom. The van der Waals surface area contributed by atoms with Crippen molar-refractivity contribution in [3.63, 3.8) is 0 Å². The monoisotopic (exact) mass is 601 g/mol. The number of carbonyl (C=O) groups excluding carboxylic acids is 2. The van der Waals surface area contributed by atoms with Gasteiger partial charge in [0.2, 0.25) is 11.9 Å². The van der Waals surface area contributed by atoms with E-state index in [9.17, 15) is 19.1 Å². The molecule has 0 bridgehead atoms. The smallest absolute Gasteiger partial charge is 0.255 e. The largest absolute Gasteiger partial charge is 0.497 e. The van der Waals surface area contributed by atoms with Crippen LogP contribution in [0.5, 0.6) is 5.75 Å². The van der Waals surface area contributed by atoms with E-state index >= 15 is 0 Å². The third-order valence-electron chi connectivity index (χ3n) is 6.93. The van der Waals surface area contributed by atoms with Crippen molar-refractivity contribution in [3.05, 3.63) is 82.8 Å². The number of nitrogens with one attached hydrogen (secondary N) is 2. The zero-order valence-corrected chi connectivity index (χ0v) is 24.4. The molecule has 1 aliphatic rings. The van der Waals surface area contributed by atoms with Crippen LogP contribution in [0.25, 0.3) is 10.6 Å². The molecule has 2 atom stereocenters. The second-order valence-corrected chi connectivity index (χ2v) is 10.8. The number of ether oxygens (including phenoxy) is 1. The van der Waals surface area contributed by atoms with Gasteiger partial charge in [-0.1, -0.05) is 6.08 Å². The molecule has 0 unspecified atom stereocenters. The zero-order chi connectivity index (χ0) is 30.7. The molecule has 1 aromatic carbocycles. The van der Waals surface area contributed by atoms with Crippen molar-refractivity contribution >= 4 is 34.9 Å². The number of benzene rings is 1. The first-order valence-electron chi connectivity index (χ1n) is 13.2. The summed E-state index contributed by atoms with van der Waals surface area (Å²) in [5.74, 6) is 2.28. The van der Waals surface area contributed by atoms with Crippen molar-refractivity contribution < 1.29 is 23.8 Å². The Morgan fingerprint density at radius 1 is 1.33 bits per heavy atom. The van der Waals surface area contributed by atoms with Gasteiger partial charge < -0.3 is 25.4 Å². The molecule has 220 valence electrons. The molecular formula is C30H28FN7O4S. The molecule has 0 saturated heterocycles. The summed E-state index contributed by atoms with van der Waals surface area (Å²) in [5, 5.41) is 19.2. The van der Waals surface area contributed by atoms with Crippen LogP contribution in [0.2, 0.25) is 0 Å². The van der Waals surface area contributed by atoms with Crippen molar-refractivity contribution in [3.8, 4) is 28.3 Å². The summed E-state index contributed by atoms with van der Waals surface area (Å²) in [6.45, 7) is 5.95. The first-order chi connectivity index (χ1) is 20.7. The highest BCUT2D eigenvalue weighted by atomic mass is 32.1. The van der Waals surface area contributed by atoms with Gasteiger partial charge in [0.05, 0.1) is 29.4 Å². The molecule has 0 radical (unpaired) electrons. The third-order valence-corrected chi connectivity index (χ3v) is 8.13. The highest BCUT2D eigenvalue weighted by Gasteiger charge is 2.35. The molecule has 11 nitrogen and oxygen atoms in total. The summed E-state index contributed by atoms with van der Waals surface area (Å²) in [6.07, 6.45) is 7.04. The number of carbonyl (C=O) groups is 2. The number of thiophene rings is 1. The maximum atomic E-state index is 14.1. The predicted octanol–water partition coefficient (Wildman–Crippen LogP) is 3.88. The SMILES string of the molecule is C=C[C@@H](C(=O)N[C@H](C#CO)c1cc(F)cc(OC)c1)N1CCc2sc(-c3nc(Nc4ccnn4C)ncc3C)cc2C1=O. The number of nitrogens with zero attached hydrogens (tertiary/aromatic N) is 5. The molecular weight excluding hydrogens is 573 g/mol. The highest BCUT2D eigenvalue weighted by molar-refractivity contribution is 7.15. The van der Waals surface area contributed by atoms with Gasteiger partial charge in [-0.15, -0.1) is 17.9 Å². The highest BCUT2D eigenvalue weighted by Crippen LogP contribution is 2.36. The normalized spacial score (nSPS) is 13.8. The second kappa shape index (κ2) is 12.3. The van der Waals surface area contributed by atoms with Crippen LogP contribution in [0.4, 0.5) is 16.2 Å². The Labute approximate surface area is 251 Å². The Kier molecular flexibility index (Phi) is 8.40. The molecule has 4 heterocycles. The van der Waals surface area contributed by atoms with Crippen molar-refractivity contribution in [1.82, 2.24) is 30.0 Å². The lowest BCUT2D eigenvalue weighted by Crippen LogP contribution is -2.51. The van der Waals surface area contributed by atoms with Gasteiger partial charge in [0.15, 0.2) is 0 Å². The topological polar surface area (TPSA) is 134 Å². The number of halogens is 1. The predicted molar refractivity (Wildman–Crippen MR) is 159 cm³/mol. The van der Waals surface area contributed by atoms with Crippen molar-refractivity contribution in [2.24, 2.45) is 7.05 Å². The van der Waals surface area contributed by atoms with Gasteiger partial charge in [0, 0.05) is 43.2 Å². The molecule has 3 N–H and O–H groups in total. The minimum absolute atomic E-state index is 0.222. The molecule has 0 spiro atoms. The first-order valence-corrected chi connectivity index (χ1v) is 14.0. The number of fused-ring (bicyclic) bond motifs is 1. The summed E-state index contributed by atoms with van der Waals surface area (Å²) >= 11 is 1.47. The number of amides is 2. The number of aryl methyl sites for hydroxylation is 2. The lowest BCUT2D eigenvalue weighted by atomic mass is 10.0. The van der Waals surface area contributed by atoms with E-state index in [0.717, 1.165) is 21.1 Å². The molecule has 5 rings (SSSR count). The van der Waals surface area contributed by atoms with E-state index in [2.05, 4.69) is 33.2 Å². The van der Waals surface area contributed by atoms with Crippen LogP contribution in [0.1, 0.15) is 32.4 Å². The minimum Gasteiger partial charge on any atom is -0.497 e. The molecule has 4 aromatic rings. The van der Waals surface area contributed by atoms with Crippen LogP contribution in [0.3, 0.4) is 0 Å². The van der Waals surface area contributed by atoms with Gasteiger partial charge in [-0.05, 0) is 42.2 Å². The van der Waals surface area contributed by atoms with Gasteiger partial charge in [-0.3, -0.25) is 14.3 Å². The van der Waals surface area contributed by atoms with Crippen molar-refractivity contribution in [2.75, 3.05) is 19.0 Å². The summed E-state index contributed by atoms with van der Waals surface area (Å²) in [6, 6.07) is 5.34. The van der Waals surface area contributed by atoms with Crippen LogP contribution in [-0.2, 0) is 18.3 Å². The first kappa shape index (κ1) is 29.3. The van der Waals surface area contributed by atoms with E-state index in [1.807, 2.05) is 6.92 Å². The van der Waals surface area contributed by atoms with Gasteiger partial charge in [-0.2, -0.15) is 5.10 Å². The zero-order valence-electron chi connectivity index (χ0n) is 23.6. The number of hydrogen-bond donors (Lipinski definition) is 3. The lowest BCUT2D eigenvalue weighted by Gasteiger charge is -2.32. The average Bonchev–Trinajstić information content (AvgIpc) is 3.61. The molecule has 0 aliphatic carbocycles. The van der Waals surface area contributed by atoms with Gasteiger partial charge in [-0.25, -0.2) is 14.4 Å². The minimum atomic E-state index is -1.07. The van der Waals surface area contributed by atoms with Crippen LogP contribution >= 0.6 is 11.3 Å². The van der Waals surface area contributed by atoms with Crippen molar-refractivity contribution in [2.45, 2.75) is 25.4 Å². The number of rotatable bonds is 9. The van der Waals surface area contributed by atoms with Crippen molar-refractivity contribution in [1.29, 1.82) is 0 Å². The number of hydrogen-bond acceptors (Lipinski definition) is 9. The Balaban J connectivity index is 1.37. The third kappa shape index (κ3) is 6.05. The molecule has 2 amide bonds. The van der Waals surface area contributed by atoms with Crippen LogP contribution in [0.15, 0.2) is 55.4 Å².